The zero-order valence-corrected chi connectivity index (χ0v) is 15.3. The van der Waals surface area contributed by atoms with Gasteiger partial charge in [-0.15, -0.1) is 23.5 Å². The summed E-state index contributed by atoms with van der Waals surface area (Å²) in [6.07, 6.45) is 13.5. The number of hydrogen-bond donors (Lipinski definition) is 0. The Balaban J connectivity index is 1.59. The van der Waals surface area contributed by atoms with Crippen LogP contribution in [0.2, 0.25) is 0 Å². The van der Waals surface area contributed by atoms with Gasteiger partial charge in [0, 0.05) is 28.9 Å². The van der Waals surface area contributed by atoms with Crippen molar-refractivity contribution in [3.8, 4) is 0 Å². The fourth-order valence-electron chi connectivity index (χ4n) is 5.41. The number of rotatable bonds is 0. The predicted octanol–water partition coefficient (Wildman–Crippen LogP) is 4.18. The topological polar surface area (TPSA) is 34.1 Å². The van der Waals surface area contributed by atoms with E-state index in [1.807, 2.05) is 23.5 Å². The summed E-state index contributed by atoms with van der Waals surface area (Å²) in [5, 5.41) is 0. The molecule has 126 valence electrons. The Hall–Kier alpha value is -0.740. The highest BCUT2D eigenvalue weighted by Gasteiger charge is 2.59. The van der Waals surface area contributed by atoms with Crippen LogP contribution in [0.4, 0.5) is 0 Å². The highest BCUT2D eigenvalue weighted by atomic mass is 32.2. The standard InChI is InChI=1S/C20H22O2S2/c21-18-14-6-3-7-20(23-8-9-24-20)17(14)19(22)16-11-13-5-2-1-4-12(13)10-15(16)18/h1-2,5,11-12,14-15,17H,3-4,6-10H2. The highest BCUT2D eigenvalue weighted by Crippen LogP contribution is 2.61. The second-order valence-electron chi connectivity index (χ2n) is 7.67. The third-order valence-electron chi connectivity index (χ3n) is 6.50. The normalized spacial score (nSPS) is 39.8. The molecule has 0 aromatic rings. The number of carbonyl (C=O) groups is 2. The van der Waals surface area contributed by atoms with Crippen molar-refractivity contribution in [2.45, 2.75) is 36.2 Å². The molecule has 3 fully saturated rings. The van der Waals surface area contributed by atoms with Gasteiger partial charge in [-0.3, -0.25) is 9.59 Å². The largest absolute Gasteiger partial charge is 0.299 e. The van der Waals surface area contributed by atoms with Crippen molar-refractivity contribution >= 4 is 35.1 Å². The van der Waals surface area contributed by atoms with Gasteiger partial charge in [-0.25, -0.2) is 0 Å². The minimum Gasteiger partial charge on any atom is -0.299 e. The Morgan fingerprint density at radius 3 is 2.83 bits per heavy atom. The molecule has 0 aromatic carbocycles. The molecule has 2 nitrogen and oxygen atoms in total. The van der Waals surface area contributed by atoms with Crippen LogP contribution in [0.15, 0.2) is 35.5 Å². The number of Topliss-reactive ketones (excluding diaryl/α,β-unsaturated/α-hetero) is 2. The minimum absolute atomic E-state index is 0.0147. The lowest BCUT2D eigenvalue weighted by Crippen LogP contribution is -2.54. The van der Waals surface area contributed by atoms with Gasteiger partial charge in [0.2, 0.25) is 0 Å². The van der Waals surface area contributed by atoms with Crippen molar-refractivity contribution in [1.29, 1.82) is 0 Å². The summed E-state index contributed by atoms with van der Waals surface area (Å²) in [4.78, 5) is 26.8. The lowest BCUT2D eigenvalue weighted by Gasteiger charge is -2.49. The fourth-order valence-corrected chi connectivity index (χ4v) is 9.08. The number of fused-ring (bicyclic) bond motifs is 4. The maximum Gasteiger partial charge on any atom is 0.165 e. The van der Waals surface area contributed by atoms with Crippen LogP contribution in [-0.2, 0) is 9.59 Å². The number of carbonyl (C=O) groups excluding carboxylic acids is 2. The van der Waals surface area contributed by atoms with Gasteiger partial charge < -0.3 is 0 Å². The van der Waals surface area contributed by atoms with Crippen LogP contribution in [0.1, 0.15) is 32.1 Å². The summed E-state index contributed by atoms with van der Waals surface area (Å²) in [6.45, 7) is 0. The smallest absolute Gasteiger partial charge is 0.165 e. The molecule has 0 aromatic heterocycles. The minimum atomic E-state index is -0.126. The molecule has 5 aliphatic rings. The van der Waals surface area contributed by atoms with Crippen molar-refractivity contribution in [3.63, 3.8) is 0 Å². The second kappa shape index (κ2) is 5.63. The van der Waals surface area contributed by atoms with Crippen LogP contribution in [0.25, 0.3) is 0 Å². The second-order valence-corrected chi connectivity index (χ2v) is 10.8. The zero-order chi connectivity index (χ0) is 16.3. The van der Waals surface area contributed by atoms with Gasteiger partial charge in [-0.2, -0.15) is 0 Å². The Kier molecular flexibility index (Phi) is 3.64. The van der Waals surface area contributed by atoms with Crippen molar-refractivity contribution in [2.24, 2.45) is 23.7 Å². The predicted molar refractivity (Wildman–Crippen MR) is 100 cm³/mol. The zero-order valence-electron chi connectivity index (χ0n) is 13.7. The molecule has 5 rings (SSSR count). The first kappa shape index (κ1) is 15.5. The molecule has 0 bridgehead atoms. The molecule has 0 amide bonds. The fraction of sp³-hybridized carbons (Fsp3) is 0.600. The monoisotopic (exact) mass is 358 g/mol. The van der Waals surface area contributed by atoms with E-state index in [0.717, 1.165) is 49.2 Å². The molecule has 1 saturated heterocycles. The Bertz CT molecular complexity index is 696. The van der Waals surface area contributed by atoms with E-state index >= 15 is 0 Å². The van der Waals surface area contributed by atoms with Gasteiger partial charge in [-0.1, -0.05) is 30.7 Å². The van der Waals surface area contributed by atoms with Gasteiger partial charge >= 0.3 is 0 Å². The summed E-state index contributed by atoms with van der Waals surface area (Å²) >= 11 is 3.91. The summed E-state index contributed by atoms with van der Waals surface area (Å²) in [5.74, 6) is 3.15. The van der Waals surface area contributed by atoms with Crippen molar-refractivity contribution in [2.75, 3.05) is 11.5 Å². The Morgan fingerprint density at radius 1 is 1.17 bits per heavy atom. The first-order chi connectivity index (χ1) is 11.7. The maximum atomic E-state index is 13.5. The van der Waals surface area contributed by atoms with Crippen LogP contribution in [0, 0.1) is 23.7 Å². The van der Waals surface area contributed by atoms with Gasteiger partial charge in [0.25, 0.3) is 0 Å². The van der Waals surface area contributed by atoms with Crippen LogP contribution in [-0.4, -0.2) is 27.2 Å². The third kappa shape index (κ3) is 2.11. The summed E-state index contributed by atoms with van der Waals surface area (Å²) in [7, 11) is 0. The summed E-state index contributed by atoms with van der Waals surface area (Å²) < 4.78 is -0.0147. The van der Waals surface area contributed by atoms with Crippen molar-refractivity contribution in [1.82, 2.24) is 0 Å². The third-order valence-corrected chi connectivity index (χ3v) is 10.2. The van der Waals surface area contributed by atoms with Crippen LogP contribution in [0.5, 0.6) is 0 Å². The van der Waals surface area contributed by atoms with Crippen LogP contribution < -0.4 is 0 Å². The first-order valence-electron chi connectivity index (χ1n) is 9.14. The van der Waals surface area contributed by atoms with Crippen LogP contribution >= 0.6 is 23.5 Å². The van der Waals surface area contributed by atoms with Crippen molar-refractivity contribution in [3.05, 3.63) is 35.5 Å². The van der Waals surface area contributed by atoms with E-state index in [-0.39, 0.29) is 21.8 Å². The molecular weight excluding hydrogens is 336 g/mol. The number of allylic oxidation sites excluding steroid dienone is 6. The average molecular weight is 359 g/mol. The van der Waals surface area contributed by atoms with E-state index < -0.39 is 0 Å². The molecule has 1 heterocycles. The first-order valence-corrected chi connectivity index (χ1v) is 11.1. The van der Waals surface area contributed by atoms with Gasteiger partial charge in [0.1, 0.15) is 5.78 Å². The van der Waals surface area contributed by atoms with E-state index in [1.165, 1.54) is 5.57 Å². The summed E-state index contributed by atoms with van der Waals surface area (Å²) in [5.41, 5.74) is 2.10. The van der Waals surface area contributed by atoms with Gasteiger partial charge in [0.15, 0.2) is 5.78 Å². The molecule has 1 spiro atoms. The number of ketones is 2. The van der Waals surface area contributed by atoms with E-state index in [0.29, 0.717) is 17.5 Å². The number of hydrogen-bond acceptors (Lipinski definition) is 4. The lowest BCUT2D eigenvalue weighted by atomic mass is 9.59. The van der Waals surface area contributed by atoms with Crippen molar-refractivity contribution < 1.29 is 9.59 Å². The molecule has 0 N–H and O–H groups in total. The summed E-state index contributed by atoms with van der Waals surface area (Å²) in [6, 6.07) is 0. The maximum absolute atomic E-state index is 13.5. The Morgan fingerprint density at radius 2 is 2.00 bits per heavy atom. The molecule has 1 aliphatic heterocycles. The van der Waals surface area contributed by atoms with Gasteiger partial charge in [0.05, 0.1) is 10.00 Å². The quantitative estimate of drug-likeness (QED) is 0.650. The van der Waals surface area contributed by atoms with E-state index in [2.05, 4.69) is 24.3 Å². The lowest BCUT2D eigenvalue weighted by molar-refractivity contribution is -0.139. The molecule has 4 heteroatoms. The highest BCUT2D eigenvalue weighted by molar-refractivity contribution is 8.21. The van der Waals surface area contributed by atoms with E-state index in [4.69, 9.17) is 0 Å². The molecule has 24 heavy (non-hydrogen) atoms. The average Bonchev–Trinajstić information content (AvgIpc) is 3.07. The molecule has 0 radical (unpaired) electrons. The molecule has 4 unspecified atom stereocenters. The number of thioether (sulfide) groups is 2. The van der Waals surface area contributed by atoms with E-state index in [1.54, 1.807) is 0 Å². The SMILES string of the molecule is O=C1C2CC3CC=CC=C3C=C2C(=O)C2C1CCCC21SCCS1. The molecule has 2 saturated carbocycles. The van der Waals surface area contributed by atoms with Crippen LogP contribution in [0.3, 0.4) is 0 Å². The molecular formula is C20H22O2S2. The van der Waals surface area contributed by atoms with E-state index in [9.17, 15) is 9.59 Å². The van der Waals surface area contributed by atoms with Gasteiger partial charge in [-0.05, 0) is 37.2 Å². The molecule has 4 aliphatic carbocycles. The Labute approximate surface area is 151 Å². The molecule has 4 atom stereocenters.